The number of aliphatic imine (C=N–C) groups is 1. The Morgan fingerprint density at radius 2 is 2.05 bits per heavy atom. The van der Waals surface area contributed by atoms with Crippen LogP contribution in [-0.2, 0) is 4.74 Å². The smallest absolute Gasteiger partial charge is 0.191 e. The predicted octanol–water partition coefficient (Wildman–Crippen LogP) is 1.24. The predicted molar refractivity (Wildman–Crippen MR) is 75.4 cm³/mol. The molecule has 110 valence electrons. The Morgan fingerprint density at radius 1 is 1.40 bits per heavy atom. The third kappa shape index (κ3) is 4.38. The van der Waals surface area contributed by atoms with Crippen molar-refractivity contribution < 1.29 is 13.9 Å². The van der Waals surface area contributed by atoms with Gasteiger partial charge in [-0.1, -0.05) is 0 Å². The van der Waals surface area contributed by atoms with Crippen LogP contribution in [0.15, 0.2) is 29.3 Å². The van der Waals surface area contributed by atoms with Crippen molar-refractivity contribution in [1.82, 2.24) is 4.90 Å². The van der Waals surface area contributed by atoms with Gasteiger partial charge in [0, 0.05) is 13.1 Å². The molecule has 20 heavy (non-hydrogen) atoms. The molecule has 0 radical (unpaired) electrons. The summed E-state index contributed by atoms with van der Waals surface area (Å²) in [5.41, 5.74) is 5.93. The van der Waals surface area contributed by atoms with Gasteiger partial charge in [0.05, 0.1) is 19.8 Å². The minimum Gasteiger partial charge on any atom is -0.489 e. The second kappa shape index (κ2) is 7.09. The van der Waals surface area contributed by atoms with Crippen LogP contribution in [0.2, 0.25) is 0 Å². The van der Waals surface area contributed by atoms with Gasteiger partial charge in [0.2, 0.25) is 0 Å². The van der Waals surface area contributed by atoms with Crippen LogP contribution in [0.4, 0.5) is 4.39 Å². The van der Waals surface area contributed by atoms with Crippen LogP contribution in [0.3, 0.4) is 0 Å². The fraction of sp³-hybridized carbons (Fsp3) is 0.500. The Balaban J connectivity index is 1.81. The zero-order chi connectivity index (χ0) is 14.4. The first-order valence-corrected chi connectivity index (χ1v) is 6.70. The lowest BCUT2D eigenvalue weighted by molar-refractivity contribution is 0.0673. The first-order valence-electron chi connectivity index (χ1n) is 6.70. The molecule has 0 spiro atoms. The van der Waals surface area contributed by atoms with Gasteiger partial charge in [-0.15, -0.1) is 0 Å². The van der Waals surface area contributed by atoms with Crippen molar-refractivity contribution >= 4 is 5.96 Å². The van der Waals surface area contributed by atoms with E-state index in [9.17, 15) is 4.39 Å². The highest BCUT2D eigenvalue weighted by atomic mass is 19.1. The number of nitrogens with zero attached hydrogens (tertiary/aromatic N) is 2. The molecule has 1 heterocycles. The van der Waals surface area contributed by atoms with E-state index >= 15 is 0 Å². The molecule has 0 unspecified atom stereocenters. The van der Waals surface area contributed by atoms with Crippen LogP contribution < -0.4 is 10.5 Å². The average molecular weight is 281 g/mol. The molecule has 1 saturated heterocycles. The molecule has 1 aromatic rings. The molecular formula is C14H20FN3O2. The first-order chi connectivity index (χ1) is 9.65. The largest absolute Gasteiger partial charge is 0.489 e. The molecule has 0 aliphatic carbocycles. The Bertz CT molecular complexity index is 444. The maximum Gasteiger partial charge on any atom is 0.191 e. The van der Waals surface area contributed by atoms with Gasteiger partial charge in [-0.25, -0.2) is 9.38 Å². The van der Waals surface area contributed by atoms with Crippen LogP contribution in [-0.4, -0.2) is 49.8 Å². The van der Waals surface area contributed by atoms with Crippen LogP contribution >= 0.6 is 0 Å². The van der Waals surface area contributed by atoms with E-state index in [4.69, 9.17) is 15.2 Å². The molecule has 1 fully saturated rings. The molecule has 2 N–H and O–H groups in total. The number of rotatable bonds is 4. The van der Waals surface area contributed by atoms with Gasteiger partial charge in [-0.3, -0.25) is 0 Å². The summed E-state index contributed by atoms with van der Waals surface area (Å²) in [6, 6.07) is 5.93. The van der Waals surface area contributed by atoms with E-state index in [0.717, 1.165) is 13.1 Å². The zero-order valence-corrected chi connectivity index (χ0v) is 11.6. The molecule has 1 aliphatic rings. The summed E-state index contributed by atoms with van der Waals surface area (Å²) < 4.78 is 23.7. The molecule has 1 aliphatic heterocycles. The number of guanidine groups is 1. The molecule has 0 saturated carbocycles. The standard InChI is InChI=1S/C14H20FN3O2/c1-11(20-13-4-2-12(15)3-5-13)10-17-14(16)18-6-8-19-9-7-18/h2-5,11H,6-10H2,1H3,(H2,16,17)/t11-/m1/s1. The summed E-state index contributed by atoms with van der Waals surface area (Å²) in [6.45, 7) is 5.25. The highest BCUT2D eigenvalue weighted by Crippen LogP contribution is 2.13. The quantitative estimate of drug-likeness (QED) is 0.666. The number of morpholine rings is 1. The van der Waals surface area contributed by atoms with Crippen LogP contribution in [0, 0.1) is 5.82 Å². The van der Waals surface area contributed by atoms with Crippen molar-refractivity contribution in [3.63, 3.8) is 0 Å². The number of hydrogen-bond acceptors (Lipinski definition) is 3. The maximum absolute atomic E-state index is 12.8. The number of benzene rings is 1. The van der Waals surface area contributed by atoms with Crippen molar-refractivity contribution in [2.75, 3.05) is 32.8 Å². The molecule has 2 rings (SSSR count). The molecule has 5 nitrogen and oxygen atoms in total. The molecule has 1 atom stereocenters. The maximum atomic E-state index is 12.8. The van der Waals surface area contributed by atoms with Gasteiger partial charge in [-0.05, 0) is 31.2 Å². The lowest BCUT2D eigenvalue weighted by Crippen LogP contribution is -2.45. The van der Waals surface area contributed by atoms with Gasteiger partial charge in [-0.2, -0.15) is 0 Å². The minimum atomic E-state index is -0.278. The summed E-state index contributed by atoms with van der Waals surface area (Å²) in [7, 11) is 0. The summed E-state index contributed by atoms with van der Waals surface area (Å²) in [5, 5.41) is 0. The highest BCUT2D eigenvalue weighted by molar-refractivity contribution is 5.78. The number of ether oxygens (including phenoxy) is 2. The van der Waals surface area contributed by atoms with E-state index < -0.39 is 0 Å². The van der Waals surface area contributed by atoms with Crippen molar-refractivity contribution in [3.8, 4) is 5.75 Å². The molecule has 0 amide bonds. The molecular weight excluding hydrogens is 261 g/mol. The Labute approximate surface area is 118 Å². The van der Waals surface area contributed by atoms with E-state index in [1.54, 1.807) is 12.1 Å². The third-order valence-corrected chi connectivity index (χ3v) is 3.00. The van der Waals surface area contributed by atoms with E-state index in [1.165, 1.54) is 12.1 Å². The third-order valence-electron chi connectivity index (χ3n) is 3.00. The second-order valence-corrected chi connectivity index (χ2v) is 4.68. The fourth-order valence-corrected chi connectivity index (χ4v) is 1.90. The van der Waals surface area contributed by atoms with Crippen LogP contribution in [0.1, 0.15) is 6.92 Å². The first kappa shape index (κ1) is 14.6. The summed E-state index contributed by atoms with van der Waals surface area (Å²) in [6.07, 6.45) is -0.125. The van der Waals surface area contributed by atoms with Crippen molar-refractivity contribution in [3.05, 3.63) is 30.1 Å². The van der Waals surface area contributed by atoms with Crippen molar-refractivity contribution in [2.24, 2.45) is 10.7 Å². The van der Waals surface area contributed by atoms with Crippen molar-refractivity contribution in [2.45, 2.75) is 13.0 Å². The Kier molecular flexibility index (Phi) is 5.17. The van der Waals surface area contributed by atoms with Gasteiger partial charge >= 0.3 is 0 Å². The van der Waals surface area contributed by atoms with Crippen LogP contribution in [0.25, 0.3) is 0 Å². The molecule has 0 aromatic heterocycles. The monoisotopic (exact) mass is 281 g/mol. The van der Waals surface area contributed by atoms with Gasteiger partial charge < -0.3 is 20.1 Å². The number of halogens is 1. The van der Waals surface area contributed by atoms with E-state index in [-0.39, 0.29) is 11.9 Å². The topological polar surface area (TPSA) is 60.1 Å². The second-order valence-electron chi connectivity index (χ2n) is 4.68. The molecule has 0 bridgehead atoms. The lowest BCUT2D eigenvalue weighted by atomic mass is 10.3. The highest BCUT2D eigenvalue weighted by Gasteiger charge is 2.12. The molecule has 1 aromatic carbocycles. The average Bonchev–Trinajstić information content (AvgIpc) is 2.48. The number of nitrogens with two attached hydrogens (primary N) is 1. The summed E-state index contributed by atoms with van der Waals surface area (Å²) >= 11 is 0. The fourth-order valence-electron chi connectivity index (χ4n) is 1.90. The van der Waals surface area contributed by atoms with Crippen LogP contribution in [0.5, 0.6) is 5.75 Å². The van der Waals surface area contributed by atoms with E-state index in [1.807, 2.05) is 11.8 Å². The SMILES string of the molecule is C[C@H](CN=C(N)N1CCOCC1)Oc1ccc(F)cc1. The summed E-state index contributed by atoms with van der Waals surface area (Å²) in [5.74, 6) is 0.862. The zero-order valence-electron chi connectivity index (χ0n) is 11.6. The van der Waals surface area contributed by atoms with E-state index in [2.05, 4.69) is 4.99 Å². The molecule has 6 heteroatoms. The lowest BCUT2D eigenvalue weighted by Gasteiger charge is -2.27. The van der Waals surface area contributed by atoms with E-state index in [0.29, 0.717) is 31.5 Å². The van der Waals surface area contributed by atoms with Crippen molar-refractivity contribution in [1.29, 1.82) is 0 Å². The normalized spacial score (nSPS) is 17.9. The Morgan fingerprint density at radius 3 is 2.70 bits per heavy atom. The number of hydrogen-bond donors (Lipinski definition) is 1. The van der Waals surface area contributed by atoms with Gasteiger partial charge in [0.25, 0.3) is 0 Å². The minimum absolute atomic E-state index is 0.125. The van der Waals surface area contributed by atoms with Gasteiger partial charge in [0.15, 0.2) is 5.96 Å². The Hall–Kier alpha value is -1.82. The summed E-state index contributed by atoms with van der Waals surface area (Å²) in [4.78, 5) is 6.32. The van der Waals surface area contributed by atoms with Gasteiger partial charge in [0.1, 0.15) is 17.7 Å².